The van der Waals surface area contributed by atoms with E-state index in [1.165, 1.54) is 0 Å². The first-order valence-corrected chi connectivity index (χ1v) is 4.20. The number of allylic oxidation sites excluding steroid dienone is 2. The molecule has 0 spiro atoms. The molecule has 0 radical (unpaired) electrons. The maximum atomic E-state index is 5.67. The lowest BCUT2D eigenvalue weighted by atomic mass is 10.00. The zero-order valence-corrected chi connectivity index (χ0v) is 7.45. The van der Waals surface area contributed by atoms with Crippen LogP contribution in [-0.4, -0.2) is 12.2 Å². The van der Waals surface area contributed by atoms with E-state index < -0.39 is 0 Å². The summed E-state index contributed by atoms with van der Waals surface area (Å²) in [4.78, 5) is 0. The molecule has 1 aliphatic rings. The van der Waals surface area contributed by atoms with Gasteiger partial charge < -0.3 is 4.74 Å². The van der Waals surface area contributed by atoms with Crippen LogP contribution in [0, 0.1) is 5.92 Å². The third-order valence-corrected chi connectivity index (χ3v) is 1.77. The molecule has 0 aromatic heterocycles. The van der Waals surface area contributed by atoms with E-state index in [-0.39, 0.29) is 6.10 Å². The van der Waals surface area contributed by atoms with Crippen molar-refractivity contribution in [2.24, 2.45) is 5.92 Å². The molecule has 0 bridgehead atoms. The van der Waals surface area contributed by atoms with Gasteiger partial charge in [-0.1, -0.05) is 31.2 Å². The van der Waals surface area contributed by atoms with Gasteiger partial charge in [-0.05, 0) is 13.8 Å². The van der Waals surface area contributed by atoms with Crippen molar-refractivity contribution in [3.05, 3.63) is 24.3 Å². The Morgan fingerprint density at radius 1 is 1.18 bits per heavy atom. The molecule has 62 valence electrons. The highest BCUT2D eigenvalue weighted by molar-refractivity contribution is 5.14. The van der Waals surface area contributed by atoms with Gasteiger partial charge in [0.15, 0.2) is 0 Å². The fraction of sp³-hybridized carbons (Fsp3) is 0.600. The molecule has 0 heterocycles. The summed E-state index contributed by atoms with van der Waals surface area (Å²) in [7, 11) is 0. The highest BCUT2D eigenvalue weighted by atomic mass is 16.5. The summed E-state index contributed by atoms with van der Waals surface area (Å²) in [5.74, 6) is 0.516. The van der Waals surface area contributed by atoms with Gasteiger partial charge >= 0.3 is 0 Å². The number of hydrogen-bond donors (Lipinski definition) is 0. The van der Waals surface area contributed by atoms with Crippen LogP contribution in [0.2, 0.25) is 0 Å². The van der Waals surface area contributed by atoms with Crippen molar-refractivity contribution < 1.29 is 4.74 Å². The minimum absolute atomic E-state index is 0.278. The summed E-state index contributed by atoms with van der Waals surface area (Å²) in [5.41, 5.74) is 0. The van der Waals surface area contributed by atoms with Crippen LogP contribution in [0.4, 0.5) is 0 Å². The molecular weight excluding hydrogens is 136 g/mol. The van der Waals surface area contributed by atoms with Gasteiger partial charge in [-0.3, -0.25) is 0 Å². The van der Waals surface area contributed by atoms with Crippen LogP contribution in [0.25, 0.3) is 0 Å². The first-order valence-electron chi connectivity index (χ1n) is 4.20. The molecule has 0 amide bonds. The van der Waals surface area contributed by atoms with E-state index in [2.05, 4.69) is 39.0 Å². The summed E-state index contributed by atoms with van der Waals surface area (Å²) >= 11 is 0. The Labute approximate surface area is 68.8 Å². The minimum atomic E-state index is 0.278. The molecule has 0 N–H and O–H groups in total. The van der Waals surface area contributed by atoms with Gasteiger partial charge in [-0.15, -0.1) is 0 Å². The van der Waals surface area contributed by atoms with Gasteiger partial charge in [0.1, 0.15) is 0 Å². The molecule has 1 heteroatoms. The standard InChI is InChI=1S/C10H16O/c1-8(2)11-10-7-5-4-6-9(10)3/h4-10H,1-3H3. The molecule has 0 aromatic rings. The van der Waals surface area contributed by atoms with E-state index in [1.807, 2.05) is 6.08 Å². The van der Waals surface area contributed by atoms with Gasteiger partial charge in [0.25, 0.3) is 0 Å². The second-order valence-electron chi connectivity index (χ2n) is 3.28. The lowest BCUT2D eigenvalue weighted by Crippen LogP contribution is -2.23. The lowest BCUT2D eigenvalue weighted by molar-refractivity contribution is 0.0163. The van der Waals surface area contributed by atoms with Crippen molar-refractivity contribution in [1.29, 1.82) is 0 Å². The SMILES string of the molecule is CC(C)OC1C=CC=CC1C. The minimum Gasteiger partial charge on any atom is -0.371 e. The fourth-order valence-electron chi connectivity index (χ4n) is 1.18. The normalized spacial score (nSPS) is 29.8. The van der Waals surface area contributed by atoms with Gasteiger partial charge in [0.05, 0.1) is 12.2 Å². The van der Waals surface area contributed by atoms with Crippen molar-refractivity contribution in [2.45, 2.75) is 33.0 Å². The average Bonchev–Trinajstić information content (AvgIpc) is 1.93. The lowest BCUT2D eigenvalue weighted by Gasteiger charge is -2.22. The molecule has 1 aliphatic carbocycles. The van der Waals surface area contributed by atoms with Crippen molar-refractivity contribution in [1.82, 2.24) is 0 Å². The monoisotopic (exact) mass is 152 g/mol. The van der Waals surface area contributed by atoms with Crippen molar-refractivity contribution in [3.8, 4) is 0 Å². The third kappa shape index (κ3) is 2.51. The Balaban J connectivity index is 2.45. The van der Waals surface area contributed by atoms with Gasteiger partial charge in [-0.25, -0.2) is 0 Å². The molecular formula is C10H16O. The summed E-state index contributed by atoms with van der Waals surface area (Å²) < 4.78 is 5.67. The maximum absolute atomic E-state index is 5.67. The molecule has 2 atom stereocenters. The topological polar surface area (TPSA) is 9.23 Å². The second-order valence-corrected chi connectivity index (χ2v) is 3.28. The molecule has 0 aliphatic heterocycles. The van der Waals surface area contributed by atoms with Crippen molar-refractivity contribution in [3.63, 3.8) is 0 Å². The summed E-state index contributed by atoms with van der Waals surface area (Å²) in [6.45, 7) is 6.31. The maximum Gasteiger partial charge on any atom is 0.0822 e. The second kappa shape index (κ2) is 3.72. The molecule has 1 rings (SSSR count). The van der Waals surface area contributed by atoms with Gasteiger partial charge in [-0.2, -0.15) is 0 Å². The number of ether oxygens (including phenoxy) is 1. The van der Waals surface area contributed by atoms with Crippen LogP contribution < -0.4 is 0 Å². The van der Waals surface area contributed by atoms with Crippen LogP contribution in [0.15, 0.2) is 24.3 Å². The summed E-state index contributed by atoms with van der Waals surface area (Å²) in [6, 6.07) is 0. The smallest absolute Gasteiger partial charge is 0.0822 e. The summed E-state index contributed by atoms with van der Waals surface area (Å²) in [5, 5.41) is 0. The predicted octanol–water partition coefficient (Wildman–Crippen LogP) is 2.54. The zero-order valence-electron chi connectivity index (χ0n) is 7.45. The van der Waals surface area contributed by atoms with Gasteiger partial charge in [0.2, 0.25) is 0 Å². The summed E-state index contributed by atoms with van der Waals surface area (Å²) in [6.07, 6.45) is 9.01. The zero-order chi connectivity index (χ0) is 8.27. The highest BCUT2D eigenvalue weighted by Gasteiger charge is 2.14. The van der Waals surface area contributed by atoms with E-state index in [9.17, 15) is 0 Å². The Kier molecular flexibility index (Phi) is 2.89. The van der Waals surface area contributed by atoms with Crippen LogP contribution in [0.3, 0.4) is 0 Å². The Bertz CT molecular complexity index is 168. The number of hydrogen-bond acceptors (Lipinski definition) is 1. The first-order chi connectivity index (χ1) is 5.20. The van der Waals surface area contributed by atoms with Crippen LogP contribution in [0.1, 0.15) is 20.8 Å². The molecule has 1 nitrogen and oxygen atoms in total. The average molecular weight is 152 g/mol. The van der Waals surface area contributed by atoms with Crippen molar-refractivity contribution >= 4 is 0 Å². The molecule has 0 saturated heterocycles. The predicted molar refractivity (Wildman–Crippen MR) is 47.5 cm³/mol. The number of rotatable bonds is 2. The van der Waals surface area contributed by atoms with E-state index in [1.54, 1.807) is 0 Å². The van der Waals surface area contributed by atoms with Crippen molar-refractivity contribution in [2.75, 3.05) is 0 Å². The van der Waals surface area contributed by atoms with Crippen LogP contribution in [0.5, 0.6) is 0 Å². The van der Waals surface area contributed by atoms with Crippen LogP contribution >= 0.6 is 0 Å². The molecule has 0 aromatic carbocycles. The van der Waals surface area contributed by atoms with E-state index >= 15 is 0 Å². The molecule has 0 saturated carbocycles. The highest BCUT2D eigenvalue weighted by Crippen LogP contribution is 2.16. The van der Waals surface area contributed by atoms with E-state index in [4.69, 9.17) is 4.74 Å². The fourth-order valence-corrected chi connectivity index (χ4v) is 1.18. The molecule has 0 fully saturated rings. The van der Waals surface area contributed by atoms with Crippen LogP contribution in [-0.2, 0) is 4.74 Å². The Morgan fingerprint density at radius 2 is 1.82 bits per heavy atom. The quantitative estimate of drug-likeness (QED) is 0.591. The van der Waals surface area contributed by atoms with E-state index in [0.717, 1.165) is 0 Å². The molecule has 2 unspecified atom stereocenters. The first kappa shape index (κ1) is 8.54. The molecule has 11 heavy (non-hydrogen) atoms. The Hall–Kier alpha value is -0.560. The largest absolute Gasteiger partial charge is 0.371 e. The Morgan fingerprint density at radius 3 is 2.36 bits per heavy atom. The van der Waals surface area contributed by atoms with Gasteiger partial charge in [0, 0.05) is 5.92 Å². The van der Waals surface area contributed by atoms with E-state index in [0.29, 0.717) is 12.0 Å². The third-order valence-electron chi connectivity index (χ3n) is 1.77.